The van der Waals surface area contributed by atoms with E-state index >= 15 is 0 Å². The van der Waals surface area contributed by atoms with Gasteiger partial charge in [-0.1, -0.05) is 0 Å². The number of hydrogen-bond acceptors (Lipinski definition) is 4. The van der Waals surface area contributed by atoms with Gasteiger partial charge in [0.1, 0.15) is 0 Å². The van der Waals surface area contributed by atoms with Crippen LogP contribution in [0.5, 0.6) is 0 Å². The van der Waals surface area contributed by atoms with Gasteiger partial charge in [0.2, 0.25) is 0 Å². The Labute approximate surface area is 65.8 Å². The van der Waals surface area contributed by atoms with E-state index in [0.29, 0.717) is 6.04 Å². The maximum atomic E-state index is 4.05. The topological polar surface area (TPSA) is 55.6 Å². The highest BCUT2D eigenvalue weighted by molar-refractivity contribution is 4.81. The molecule has 1 atom stereocenters. The van der Waals surface area contributed by atoms with Crippen LogP contribution in [0.2, 0.25) is 0 Å². The van der Waals surface area contributed by atoms with E-state index in [1.54, 1.807) is 7.05 Å². The molecule has 0 saturated heterocycles. The fourth-order valence-corrected chi connectivity index (χ4v) is 0.781. The lowest BCUT2D eigenvalue weighted by Gasteiger charge is -2.04. The molecule has 1 heterocycles. The summed E-state index contributed by atoms with van der Waals surface area (Å²) in [7, 11) is 3.68. The molecule has 0 aliphatic rings. The third-order valence-corrected chi connectivity index (χ3v) is 1.53. The van der Waals surface area contributed by atoms with Gasteiger partial charge >= 0.3 is 0 Å². The van der Waals surface area contributed by atoms with Gasteiger partial charge in [0.25, 0.3) is 0 Å². The van der Waals surface area contributed by atoms with E-state index in [1.807, 2.05) is 7.05 Å². The SMILES string of the molecule is CNC(C)Cc1nnn(C)n1. The van der Waals surface area contributed by atoms with Crippen LogP contribution < -0.4 is 5.32 Å². The summed E-state index contributed by atoms with van der Waals surface area (Å²) >= 11 is 0. The minimum absolute atomic E-state index is 0.402. The van der Waals surface area contributed by atoms with E-state index < -0.39 is 0 Å². The molecule has 1 rings (SSSR count). The molecule has 0 aromatic carbocycles. The van der Waals surface area contributed by atoms with Gasteiger partial charge in [0, 0.05) is 12.5 Å². The second-order valence-electron chi connectivity index (χ2n) is 2.59. The van der Waals surface area contributed by atoms with E-state index in [4.69, 9.17) is 0 Å². The maximum Gasteiger partial charge on any atom is 0.176 e. The molecule has 5 nitrogen and oxygen atoms in total. The highest BCUT2D eigenvalue weighted by atomic mass is 15.6. The summed E-state index contributed by atoms with van der Waals surface area (Å²) in [5, 5.41) is 14.8. The van der Waals surface area contributed by atoms with Gasteiger partial charge < -0.3 is 5.32 Å². The summed E-state index contributed by atoms with van der Waals surface area (Å²) in [6, 6.07) is 0.402. The smallest absolute Gasteiger partial charge is 0.176 e. The lowest BCUT2D eigenvalue weighted by atomic mass is 10.2. The van der Waals surface area contributed by atoms with Crippen LogP contribution in [0.4, 0.5) is 0 Å². The molecule has 0 radical (unpaired) electrons. The first-order valence-electron chi connectivity index (χ1n) is 3.62. The Morgan fingerprint density at radius 1 is 1.64 bits per heavy atom. The molecule has 0 aliphatic heterocycles. The van der Waals surface area contributed by atoms with Crippen LogP contribution in [0, 0.1) is 0 Å². The van der Waals surface area contributed by atoms with E-state index in [9.17, 15) is 0 Å². The van der Waals surface area contributed by atoms with Gasteiger partial charge in [-0.25, -0.2) is 0 Å². The summed E-state index contributed by atoms with van der Waals surface area (Å²) in [6.07, 6.45) is 0.824. The Balaban J connectivity index is 2.50. The summed E-state index contributed by atoms with van der Waals surface area (Å²) in [5.41, 5.74) is 0. The van der Waals surface area contributed by atoms with Crippen molar-refractivity contribution in [3.63, 3.8) is 0 Å². The van der Waals surface area contributed by atoms with Crippen LogP contribution in [0.15, 0.2) is 0 Å². The minimum Gasteiger partial charge on any atom is -0.317 e. The van der Waals surface area contributed by atoms with Crippen LogP contribution in [0.1, 0.15) is 12.7 Å². The summed E-state index contributed by atoms with van der Waals surface area (Å²) in [5.74, 6) is 0.786. The molecule has 1 N–H and O–H groups in total. The van der Waals surface area contributed by atoms with Gasteiger partial charge in [-0.3, -0.25) is 0 Å². The van der Waals surface area contributed by atoms with Gasteiger partial charge in [-0.15, -0.1) is 10.2 Å². The number of tetrazole rings is 1. The van der Waals surface area contributed by atoms with E-state index in [2.05, 4.69) is 27.7 Å². The number of hydrogen-bond donors (Lipinski definition) is 1. The predicted octanol–water partition coefficient (Wildman–Crippen LogP) is -0.640. The van der Waals surface area contributed by atoms with Crippen molar-refractivity contribution in [2.45, 2.75) is 19.4 Å². The lowest BCUT2D eigenvalue weighted by molar-refractivity contribution is 0.584. The monoisotopic (exact) mass is 155 g/mol. The molecule has 0 fully saturated rings. The average Bonchev–Trinajstić information content (AvgIpc) is 2.35. The highest BCUT2D eigenvalue weighted by Crippen LogP contribution is 1.91. The van der Waals surface area contributed by atoms with Crippen molar-refractivity contribution >= 4 is 0 Å². The van der Waals surface area contributed by atoms with Gasteiger partial charge in [-0.05, 0) is 19.2 Å². The second-order valence-corrected chi connectivity index (χ2v) is 2.59. The Kier molecular flexibility index (Phi) is 2.53. The van der Waals surface area contributed by atoms with Crippen molar-refractivity contribution in [1.82, 2.24) is 25.5 Å². The maximum absolute atomic E-state index is 4.05. The Morgan fingerprint density at radius 2 is 2.36 bits per heavy atom. The molecule has 11 heavy (non-hydrogen) atoms. The lowest BCUT2D eigenvalue weighted by Crippen LogP contribution is -2.24. The van der Waals surface area contributed by atoms with Gasteiger partial charge in [0.05, 0.1) is 7.05 Å². The fraction of sp³-hybridized carbons (Fsp3) is 0.833. The number of rotatable bonds is 3. The molecule has 0 amide bonds. The second kappa shape index (κ2) is 3.43. The largest absolute Gasteiger partial charge is 0.317 e. The molecule has 1 aromatic heterocycles. The molecule has 5 heteroatoms. The van der Waals surface area contributed by atoms with Crippen molar-refractivity contribution in [1.29, 1.82) is 0 Å². The van der Waals surface area contributed by atoms with Crippen LogP contribution in [-0.2, 0) is 13.5 Å². The first-order chi connectivity index (χ1) is 5.22. The van der Waals surface area contributed by atoms with Gasteiger partial charge in [-0.2, -0.15) is 4.80 Å². The number of nitrogens with zero attached hydrogens (tertiary/aromatic N) is 4. The molecular formula is C6H13N5. The third-order valence-electron chi connectivity index (χ3n) is 1.53. The molecular weight excluding hydrogens is 142 g/mol. The number of likely N-dealkylation sites (N-methyl/N-ethyl adjacent to an activating group) is 1. The number of aryl methyl sites for hydroxylation is 1. The van der Waals surface area contributed by atoms with Crippen molar-refractivity contribution in [2.75, 3.05) is 7.05 Å². The normalized spacial score (nSPS) is 13.4. The molecule has 62 valence electrons. The molecule has 0 spiro atoms. The van der Waals surface area contributed by atoms with Crippen molar-refractivity contribution in [2.24, 2.45) is 7.05 Å². The number of aromatic nitrogens is 4. The Morgan fingerprint density at radius 3 is 2.82 bits per heavy atom. The molecule has 1 unspecified atom stereocenters. The van der Waals surface area contributed by atoms with Gasteiger partial charge in [0.15, 0.2) is 5.82 Å². The molecule has 1 aromatic rings. The number of nitrogens with one attached hydrogen (secondary N) is 1. The fourth-order valence-electron chi connectivity index (χ4n) is 0.781. The Bertz CT molecular complexity index is 219. The molecule has 0 saturated carbocycles. The summed E-state index contributed by atoms with van der Waals surface area (Å²) < 4.78 is 0. The predicted molar refractivity (Wildman–Crippen MR) is 41.0 cm³/mol. The van der Waals surface area contributed by atoms with Crippen LogP contribution in [0.3, 0.4) is 0 Å². The highest BCUT2D eigenvalue weighted by Gasteiger charge is 2.04. The van der Waals surface area contributed by atoms with Crippen molar-refractivity contribution in [3.05, 3.63) is 5.82 Å². The average molecular weight is 155 g/mol. The zero-order chi connectivity index (χ0) is 8.27. The first-order valence-corrected chi connectivity index (χ1v) is 3.62. The molecule has 0 bridgehead atoms. The van der Waals surface area contributed by atoms with Crippen LogP contribution in [-0.4, -0.2) is 33.3 Å². The zero-order valence-electron chi connectivity index (χ0n) is 7.07. The van der Waals surface area contributed by atoms with Crippen molar-refractivity contribution in [3.8, 4) is 0 Å². The van der Waals surface area contributed by atoms with Crippen molar-refractivity contribution < 1.29 is 0 Å². The quantitative estimate of drug-likeness (QED) is 0.631. The Hall–Kier alpha value is -0.970. The summed E-state index contributed by atoms with van der Waals surface area (Å²) in [4.78, 5) is 1.47. The van der Waals surface area contributed by atoms with Crippen LogP contribution >= 0.6 is 0 Å². The van der Waals surface area contributed by atoms with E-state index in [1.165, 1.54) is 4.80 Å². The van der Waals surface area contributed by atoms with E-state index in [-0.39, 0.29) is 0 Å². The standard InChI is InChI=1S/C6H13N5/c1-5(7-2)4-6-8-10-11(3)9-6/h5,7H,4H2,1-3H3. The zero-order valence-corrected chi connectivity index (χ0v) is 7.07. The third kappa shape index (κ3) is 2.27. The summed E-state index contributed by atoms with van der Waals surface area (Å²) in [6.45, 7) is 2.08. The van der Waals surface area contributed by atoms with E-state index in [0.717, 1.165) is 12.2 Å². The minimum atomic E-state index is 0.402. The van der Waals surface area contributed by atoms with Crippen LogP contribution in [0.25, 0.3) is 0 Å². The first kappa shape index (κ1) is 8.13. The molecule has 0 aliphatic carbocycles.